The second kappa shape index (κ2) is 11.4. The second-order valence-corrected chi connectivity index (χ2v) is 8.52. The van der Waals surface area contributed by atoms with E-state index >= 15 is 0 Å². The molecule has 8 nitrogen and oxygen atoms in total. The van der Waals surface area contributed by atoms with E-state index in [4.69, 9.17) is 15.9 Å². The summed E-state index contributed by atoms with van der Waals surface area (Å²) in [6.45, 7) is -0.378. The number of hydrogen-bond donors (Lipinski definition) is 2. The van der Waals surface area contributed by atoms with Crippen molar-refractivity contribution in [1.29, 1.82) is 0 Å². The fourth-order valence-electron chi connectivity index (χ4n) is 3.86. The van der Waals surface area contributed by atoms with Crippen molar-refractivity contribution in [3.8, 4) is 23.8 Å². The molecule has 174 valence electrons. The molecule has 1 saturated carbocycles. The topological polar surface area (TPSA) is 97.0 Å². The van der Waals surface area contributed by atoms with Gasteiger partial charge in [0.05, 0.1) is 26.5 Å². The van der Waals surface area contributed by atoms with E-state index in [9.17, 15) is 14.4 Å². The Bertz CT molecular complexity index is 1030. The first-order chi connectivity index (χ1) is 16.0. The minimum absolute atomic E-state index is 0.0656. The number of anilines is 1. The lowest BCUT2D eigenvalue weighted by Gasteiger charge is -2.32. The van der Waals surface area contributed by atoms with Crippen molar-refractivity contribution in [3.05, 3.63) is 40.6 Å². The molecule has 9 heteroatoms. The molecule has 1 aromatic heterocycles. The smallest absolute Gasteiger partial charge is 0.296 e. The highest BCUT2D eigenvalue weighted by atomic mass is 32.1. The Morgan fingerprint density at radius 2 is 1.97 bits per heavy atom. The molecule has 0 radical (unpaired) electrons. The molecule has 2 aromatic rings. The number of nitrogens with zero attached hydrogens (tertiary/aromatic N) is 1. The molecule has 3 amide bonds. The Morgan fingerprint density at radius 3 is 2.58 bits per heavy atom. The molecule has 3 rings (SSSR count). The largest absolute Gasteiger partial charge is 0.497 e. The summed E-state index contributed by atoms with van der Waals surface area (Å²) < 4.78 is 10.8. The maximum atomic E-state index is 13.6. The summed E-state index contributed by atoms with van der Waals surface area (Å²) in [5.74, 6) is 1.29. The van der Waals surface area contributed by atoms with Crippen LogP contribution in [0.25, 0.3) is 0 Å². The number of amides is 3. The average Bonchev–Trinajstić information content (AvgIpc) is 3.54. The SMILES string of the molecule is C#CC(=O)NCC(=O)N(c1ccc(OC)cc1OC)C(C(=O)NC1CCCC1)c1cccs1. The maximum absolute atomic E-state index is 13.6. The molecule has 0 bridgehead atoms. The summed E-state index contributed by atoms with van der Waals surface area (Å²) >= 11 is 1.37. The standard InChI is InChI=1S/C24H27N3O5S/c1-4-21(28)25-15-22(29)27(18-12-11-17(31-2)14-19(18)32-3)23(20-10-7-13-33-20)24(30)26-16-8-5-6-9-16/h1,7,10-14,16,23H,5-6,8-9,15H2,2-3H3,(H,25,28)(H,26,30). The number of methoxy groups -OCH3 is 2. The summed E-state index contributed by atoms with van der Waals surface area (Å²) in [4.78, 5) is 40.6. The van der Waals surface area contributed by atoms with Crippen LogP contribution in [-0.2, 0) is 14.4 Å². The Balaban J connectivity index is 2.05. The average molecular weight is 470 g/mol. The van der Waals surface area contributed by atoms with E-state index in [2.05, 4.69) is 10.6 Å². The van der Waals surface area contributed by atoms with E-state index in [1.807, 2.05) is 17.4 Å². The number of hydrogen-bond acceptors (Lipinski definition) is 6. The van der Waals surface area contributed by atoms with Crippen molar-refractivity contribution in [2.24, 2.45) is 0 Å². The fraction of sp³-hybridized carbons (Fsp3) is 0.375. The summed E-state index contributed by atoms with van der Waals surface area (Å²) in [7, 11) is 3.00. The molecule has 1 unspecified atom stereocenters. The Hall–Kier alpha value is -3.51. The summed E-state index contributed by atoms with van der Waals surface area (Å²) in [5, 5.41) is 7.34. The third kappa shape index (κ3) is 5.84. The zero-order valence-corrected chi connectivity index (χ0v) is 19.4. The van der Waals surface area contributed by atoms with Crippen molar-refractivity contribution in [3.63, 3.8) is 0 Å². The monoisotopic (exact) mass is 469 g/mol. The second-order valence-electron chi connectivity index (χ2n) is 7.54. The van der Waals surface area contributed by atoms with Crippen LogP contribution in [0.3, 0.4) is 0 Å². The number of rotatable bonds is 9. The van der Waals surface area contributed by atoms with Crippen molar-refractivity contribution in [2.75, 3.05) is 25.7 Å². The van der Waals surface area contributed by atoms with Gasteiger partial charge in [-0.15, -0.1) is 17.8 Å². The first-order valence-electron chi connectivity index (χ1n) is 10.6. The zero-order chi connectivity index (χ0) is 23.8. The van der Waals surface area contributed by atoms with E-state index in [0.29, 0.717) is 22.1 Å². The van der Waals surface area contributed by atoms with Gasteiger partial charge in [-0.05, 0) is 42.3 Å². The van der Waals surface area contributed by atoms with Crippen LogP contribution in [-0.4, -0.2) is 44.5 Å². The van der Waals surface area contributed by atoms with Crippen LogP contribution in [0.15, 0.2) is 35.7 Å². The van der Waals surface area contributed by atoms with Gasteiger partial charge in [0.2, 0.25) is 11.8 Å². The predicted octanol–water partition coefficient (Wildman–Crippen LogP) is 2.65. The lowest BCUT2D eigenvalue weighted by Crippen LogP contribution is -2.49. The van der Waals surface area contributed by atoms with Crippen molar-refractivity contribution >= 4 is 34.7 Å². The van der Waals surface area contributed by atoms with E-state index in [1.54, 1.807) is 24.3 Å². The molecule has 1 aliphatic carbocycles. The first kappa shape index (κ1) is 24.1. The molecule has 0 aliphatic heterocycles. The molecule has 2 N–H and O–H groups in total. The van der Waals surface area contributed by atoms with Crippen LogP contribution >= 0.6 is 11.3 Å². The molecular formula is C24H27N3O5S. The van der Waals surface area contributed by atoms with Gasteiger partial charge in [0.1, 0.15) is 17.5 Å². The molecule has 1 heterocycles. The van der Waals surface area contributed by atoms with Crippen LogP contribution in [0.4, 0.5) is 5.69 Å². The van der Waals surface area contributed by atoms with Gasteiger partial charge in [0, 0.05) is 17.0 Å². The van der Waals surface area contributed by atoms with E-state index < -0.39 is 17.9 Å². The fourth-order valence-corrected chi connectivity index (χ4v) is 4.68. The van der Waals surface area contributed by atoms with E-state index in [0.717, 1.165) is 25.7 Å². The maximum Gasteiger partial charge on any atom is 0.296 e. The Morgan fingerprint density at radius 1 is 1.21 bits per heavy atom. The molecular weight excluding hydrogens is 442 g/mol. The summed E-state index contributed by atoms with van der Waals surface area (Å²) in [6, 6.07) is 7.71. The lowest BCUT2D eigenvalue weighted by atomic mass is 10.1. The van der Waals surface area contributed by atoms with Gasteiger partial charge >= 0.3 is 0 Å². The molecule has 33 heavy (non-hydrogen) atoms. The Labute approximate surface area is 197 Å². The molecule has 1 atom stereocenters. The minimum Gasteiger partial charge on any atom is -0.497 e. The van der Waals surface area contributed by atoms with Gasteiger partial charge in [0.25, 0.3) is 5.91 Å². The number of carbonyl (C=O) groups is 3. The zero-order valence-electron chi connectivity index (χ0n) is 18.6. The van der Waals surface area contributed by atoms with Gasteiger partial charge in [-0.1, -0.05) is 18.9 Å². The van der Waals surface area contributed by atoms with E-state index in [-0.39, 0.29) is 18.5 Å². The third-order valence-corrected chi connectivity index (χ3v) is 6.39. The highest BCUT2D eigenvalue weighted by Gasteiger charge is 2.36. The summed E-state index contributed by atoms with van der Waals surface area (Å²) in [6.07, 6.45) is 9.04. The van der Waals surface area contributed by atoms with Gasteiger partial charge in [-0.25, -0.2) is 0 Å². The quantitative estimate of drug-likeness (QED) is 0.551. The number of terminal acetylenes is 1. The summed E-state index contributed by atoms with van der Waals surface area (Å²) in [5.41, 5.74) is 0.373. The van der Waals surface area contributed by atoms with Crippen LogP contribution in [0.5, 0.6) is 11.5 Å². The van der Waals surface area contributed by atoms with Crippen LogP contribution in [0, 0.1) is 12.3 Å². The van der Waals surface area contributed by atoms with Crippen LogP contribution in [0.2, 0.25) is 0 Å². The van der Waals surface area contributed by atoms with Gasteiger partial charge < -0.3 is 20.1 Å². The minimum atomic E-state index is -0.955. The highest BCUT2D eigenvalue weighted by Crippen LogP contribution is 2.38. The highest BCUT2D eigenvalue weighted by molar-refractivity contribution is 7.10. The first-order valence-corrected chi connectivity index (χ1v) is 11.5. The van der Waals surface area contributed by atoms with Crippen molar-refractivity contribution < 1.29 is 23.9 Å². The number of ether oxygens (including phenoxy) is 2. The van der Waals surface area contributed by atoms with Crippen LogP contribution < -0.4 is 25.0 Å². The molecule has 0 saturated heterocycles. The predicted molar refractivity (Wildman–Crippen MR) is 126 cm³/mol. The van der Waals surface area contributed by atoms with Gasteiger partial charge in [0.15, 0.2) is 0 Å². The van der Waals surface area contributed by atoms with Gasteiger partial charge in [-0.2, -0.15) is 0 Å². The van der Waals surface area contributed by atoms with Gasteiger partial charge in [-0.3, -0.25) is 19.3 Å². The van der Waals surface area contributed by atoms with Crippen LogP contribution in [0.1, 0.15) is 36.6 Å². The molecule has 0 spiro atoms. The van der Waals surface area contributed by atoms with E-state index in [1.165, 1.54) is 30.5 Å². The number of nitrogens with one attached hydrogen (secondary N) is 2. The lowest BCUT2D eigenvalue weighted by molar-refractivity contribution is -0.127. The number of benzene rings is 1. The number of carbonyl (C=O) groups excluding carboxylic acids is 3. The number of thiophene rings is 1. The molecule has 1 aromatic carbocycles. The molecule has 1 aliphatic rings. The third-order valence-electron chi connectivity index (χ3n) is 5.47. The Kier molecular flexibility index (Phi) is 8.33. The van der Waals surface area contributed by atoms with Crippen molar-refractivity contribution in [2.45, 2.75) is 37.8 Å². The molecule has 1 fully saturated rings. The van der Waals surface area contributed by atoms with Crippen molar-refractivity contribution in [1.82, 2.24) is 10.6 Å². The normalized spacial score (nSPS) is 14.1.